The van der Waals surface area contributed by atoms with Gasteiger partial charge in [-0.25, -0.2) is 4.68 Å². The zero-order chi connectivity index (χ0) is 12.6. The van der Waals surface area contributed by atoms with Gasteiger partial charge in [-0.1, -0.05) is 29.3 Å². The second-order valence-corrected chi connectivity index (χ2v) is 5.33. The van der Waals surface area contributed by atoms with Crippen molar-refractivity contribution in [2.75, 3.05) is 5.73 Å². The molecule has 6 heteroatoms. The van der Waals surface area contributed by atoms with Gasteiger partial charge in [0.15, 0.2) is 0 Å². The van der Waals surface area contributed by atoms with Crippen LogP contribution in [0, 0.1) is 6.92 Å². The summed E-state index contributed by atoms with van der Waals surface area (Å²) >= 11 is 15.3. The summed E-state index contributed by atoms with van der Waals surface area (Å²) in [6.07, 6.45) is 0. The van der Waals surface area contributed by atoms with Crippen molar-refractivity contribution in [3.05, 3.63) is 44.0 Å². The predicted octanol–water partition coefficient (Wildman–Crippen LogP) is 3.89. The normalized spacial score (nSPS) is 10.8. The number of aryl methyl sites for hydroxylation is 1. The lowest BCUT2D eigenvalue weighted by atomic mass is 10.2. The van der Waals surface area contributed by atoms with Crippen molar-refractivity contribution in [1.29, 1.82) is 0 Å². The van der Waals surface area contributed by atoms with Gasteiger partial charge < -0.3 is 5.73 Å². The highest BCUT2D eigenvalue weighted by atomic mass is 79.9. The average Bonchev–Trinajstić information content (AvgIpc) is 2.52. The van der Waals surface area contributed by atoms with E-state index in [2.05, 4.69) is 21.0 Å². The summed E-state index contributed by atoms with van der Waals surface area (Å²) < 4.78 is 2.53. The van der Waals surface area contributed by atoms with Crippen LogP contribution in [0.1, 0.15) is 11.3 Å². The van der Waals surface area contributed by atoms with Crippen LogP contribution in [0.15, 0.2) is 22.7 Å². The second kappa shape index (κ2) is 4.88. The van der Waals surface area contributed by atoms with Crippen LogP contribution in [0.3, 0.4) is 0 Å². The molecule has 2 rings (SSSR count). The van der Waals surface area contributed by atoms with Gasteiger partial charge in [0, 0.05) is 4.47 Å². The Morgan fingerprint density at radius 3 is 2.65 bits per heavy atom. The smallest absolute Gasteiger partial charge is 0.141 e. The Balaban J connectivity index is 2.31. The number of nitrogens with zero attached hydrogens (tertiary/aromatic N) is 2. The summed E-state index contributed by atoms with van der Waals surface area (Å²) in [7, 11) is 0. The van der Waals surface area contributed by atoms with Gasteiger partial charge in [-0.3, -0.25) is 0 Å². The summed E-state index contributed by atoms with van der Waals surface area (Å²) in [5, 5.41) is 5.46. The second-order valence-electron chi connectivity index (χ2n) is 3.69. The number of aromatic nitrogens is 2. The van der Waals surface area contributed by atoms with E-state index in [9.17, 15) is 0 Å². The Morgan fingerprint density at radius 1 is 1.41 bits per heavy atom. The first-order chi connectivity index (χ1) is 7.99. The predicted molar refractivity (Wildman–Crippen MR) is 74.6 cm³/mol. The van der Waals surface area contributed by atoms with Crippen LogP contribution >= 0.6 is 39.1 Å². The van der Waals surface area contributed by atoms with Gasteiger partial charge in [-0.2, -0.15) is 5.10 Å². The molecule has 0 aliphatic carbocycles. The molecule has 0 amide bonds. The Bertz CT molecular complexity index is 566. The van der Waals surface area contributed by atoms with Crippen LogP contribution in [-0.4, -0.2) is 9.78 Å². The molecule has 0 aliphatic rings. The van der Waals surface area contributed by atoms with E-state index in [0.717, 1.165) is 15.7 Å². The standard InChI is InChI=1S/C11H10BrCl2N3/c1-6-10(14)11(15)17(16-6)5-7-2-3-9(13)8(12)4-7/h2-4H,5,15H2,1H3. The third-order valence-corrected chi connectivity index (χ3v) is 4.09. The molecule has 3 nitrogen and oxygen atoms in total. The van der Waals surface area contributed by atoms with Gasteiger partial charge >= 0.3 is 0 Å². The van der Waals surface area contributed by atoms with E-state index >= 15 is 0 Å². The highest BCUT2D eigenvalue weighted by molar-refractivity contribution is 9.10. The first-order valence-electron chi connectivity index (χ1n) is 4.91. The number of nitrogen functional groups attached to an aromatic ring is 1. The minimum absolute atomic E-state index is 0.482. The lowest BCUT2D eigenvalue weighted by molar-refractivity contribution is 0.689. The van der Waals surface area contributed by atoms with Crippen molar-refractivity contribution in [2.45, 2.75) is 13.5 Å². The van der Waals surface area contributed by atoms with Crippen molar-refractivity contribution in [3.63, 3.8) is 0 Å². The maximum Gasteiger partial charge on any atom is 0.141 e. The molecule has 0 saturated heterocycles. The zero-order valence-corrected chi connectivity index (χ0v) is 12.1. The van der Waals surface area contributed by atoms with E-state index < -0.39 is 0 Å². The average molecular weight is 335 g/mol. The minimum atomic E-state index is 0.482. The Labute approximate surface area is 118 Å². The fourth-order valence-corrected chi connectivity index (χ4v) is 2.19. The van der Waals surface area contributed by atoms with Gasteiger partial charge in [0.1, 0.15) is 10.8 Å². The molecular formula is C11H10BrCl2N3. The molecule has 17 heavy (non-hydrogen) atoms. The number of hydrogen-bond donors (Lipinski definition) is 1. The molecule has 1 aromatic carbocycles. The number of nitrogens with two attached hydrogens (primary N) is 1. The number of rotatable bonds is 2. The largest absolute Gasteiger partial charge is 0.383 e. The van der Waals surface area contributed by atoms with E-state index in [1.165, 1.54) is 0 Å². The first kappa shape index (κ1) is 12.7. The zero-order valence-electron chi connectivity index (χ0n) is 9.04. The highest BCUT2D eigenvalue weighted by Gasteiger charge is 2.10. The summed E-state index contributed by atoms with van der Waals surface area (Å²) in [6, 6.07) is 5.69. The van der Waals surface area contributed by atoms with Crippen LogP contribution in [0.25, 0.3) is 0 Å². The molecular weight excluding hydrogens is 325 g/mol. The van der Waals surface area contributed by atoms with Crippen LogP contribution in [0.4, 0.5) is 5.82 Å². The molecule has 90 valence electrons. The lowest BCUT2D eigenvalue weighted by Crippen LogP contribution is -2.06. The van der Waals surface area contributed by atoms with Crippen LogP contribution in [0.5, 0.6) is 0 Å². The molecule has 1 aromatic heterocycles. The van der Waals surface area contributed by atoms with E-state index in [0.29, 0.717) is 22.4 Å². The molecule has 0 aliphatic heterocycles. The van der Waals surface area contributed by atoms with Gasteiger partial charge in [0.05, 0.1) is 17.3 Å². The summed E-state index contributed by atoms with van der Waals surface area (Å²) in [5.41, 5.74) is 7.63. The summed E-state index contributed by atoms with van der Waals surface area (Å²) in [4.78, 5) is 0. The lowest BCUT2D eigenvalue weighted by Gasteiger charge is -2.05. The molecule has 0 saturated carbocycles. The number of halogens is 3. The molecule has 1 heterocycles. The molecule has 0 bridgehead atoms. The third kappa shape index (κ3) is 2.59. The molecule has 0 atom stereocenters. The topological polar surface area (TPSA) is 43.8 Å². The quantitative estimate of drug-likeness (QED) is 0.905. The minimum Gasteiger partial charge on any atom is -0.383 e. The van der Waals surface area contributed by atoms with E-state index in [1.807, 2.05) is 25.1 Å². The summed E-state index contributed by atoms with van der Waals surface area (Å²) in [5.74, 6) is 0.482. The highest BCUT2D eigenvalue weighted by Crippen LogP contribution is 2.26. The molecule has 2 N–H and O–H groups in total. The maximum atomic E-state index is 5.98. The Morgan fingerprint density at radius 2 is 2.12 bits per heavy atom. The number of anilines is 1. The SMILES string of the molecule is Cc1nn(Cc2ccc(Cl)c(Br)c2)c(N)c1Cl. The van der Waals surface area contributed by atoms with E-state index in [-0.39, 0.29) is 0 Å². The fourth-order valence-electron chi connectivity index (χ4n) is 1.51. The van der Waals surface area contributed by atoms with Gasteiger partial charge in [-0.05, 0) is 40.5 Å². The van der Waals surface area contributed by atoms with Crippen molar-refractivity contribution >= 4 is 44.9 Å². The van der Waals surface area contributed by atoms with Gasteiger partial charge in [-0.15, -0.1) is 0 Å². The molecule has 0 unspecified atom stereocenters. The first-order valence-corrected chi connectivity index (χ1v) is 6.46. The van der Waals surface area contributed by atoms with Crippen molar-refractivity contribution in [1.82, 2.24) is 9.78 Å². The Kier molecular flexibility index (Phi) is 3.66. The van der Waals surface area contributed by atoms with Gasteiger partial charge in [0.25, 0.3) is 0 Å². The number of hydrogen-bond acceptors (Lipinski definition) is 2. The number of benzene rings is 1. The van der Waals surface area contributed by atoms with Crippen molar-refractivity contribution in [2.24, 2.45) is 0 Å². The molecule has 0 spiro atoms. The Hall–Kier alpha value is -0.710. The van der Waals surface area contributed by atoms with Crippen molar-refractivity contribution in [3.8, 4) is 0 Å². The van der Waals surface area contributed by atoms with Crippen LogP contribution < -0.4 is 5.73 Å². The third-order valence-electron chi connectivity index (χ3n) is 2.41. The van der Waals surface area contributed by atoms with Crippen molar-refractivity contribution < 1.29 is 0 Å². The van der Waals surface area contributed by atoms with E-state index in [1.54, 1.807) is 4.68 Å². The summed E-state index contributed by atoms with van der Waals surface area (Å²) in [6.45, 7) is 2.39. The maximum absolute atomic E-state index is 5.98. The molecule has 2 aromatic rings. The molecule has 0 radical (unpaired) electrons. The monoisotopic (exact) mass is 333 g/mol. The van der Waals surface area contributed by atoms with Crippen LogP contribution in [0.2, 0.25) is 10.0 Å². The molecule has 0 fully saturated rings. The van der Waals surface area contributed by atoms with Gasteiger partial charge in [0.2, 0.25) is 0 Å². The van der Waals surface area contributed by atoms with Crippen LogP contribution in [-0.2, 0) is 6.54 Å². The fraction of sp³-hybridized carbons (Fsp3) is 0.182. The van der Waals surface area contributed by atoms with E-state index in [4.69, 9.17) is 28.9 Å².